The highest BCUT2D eigenvalue weighted by Crippen LogP contribution is 2.15. The van der Waals surface area contributed by atoms with Crippen LogP contribution in [0.25, 0.3) is 0 Å². The van der Waals surface area contributed by atoms with Crippen LogP contribution >= 0.6 is 0 Å². The quantitative estimate of drug-likeness (QED) is 0.506. The molecule has 2 aromatic rings. The fraction of sp³-hybridized carbons (Fsp3) is 0.133. The van der Waals surface area contributed by atoms with Crippen LogP contribution in [-0.2, 0) is 6.61 Å². The van der Waals surface area contributed by atoms with Crippen LogP contribution in [0.3, 0.4) is 0 Å². The lowest BCUT2D eigenvalue weighted by atomic mass is 10.1. The summed E-state index contributed by atoms with van der Waals surface area (Å²) in [7, 11) is 0. The lowest BCUT2D eigenvalue weighted by molar-refractivity contribution is 0.306. The van der Waals surface area contributed by atoms with E-state index in [-0.39, 0.29) is 0 Å². The molecule has 1 N–H and O–H groups in total. The molecule has 92 valence electrons. The van der Waals surface area contributed by atoms with Crippen LogP contribution in [0.2, 0.25) is 0 Å². The highest BCUT2D eigenvalue weighted by Gasteiger charge is 2.00. The van der Waals surface area contributed by atoms with Gasteiger partial charge in [-0.25, -0.2) is 0 Å². The summed E-state index contributed by atoms with van der Waals surface area (Å²) in [5, 5.41) is 11.9. The van der Waals surface area contributed by atoms with Crippen molar-refractivity contribution in [3.8, 4) is 5.75 Å². The zero-order valence-corrected chi connectivity index (χ0v) is 10.2. The van der Waals surface area contributed by atoms with Crippen molar-refractivity contribution in [1.82, 2.24) is 0 Å². The zero-order chi connectivity index (χ0) is 12.8. The predicted molar refractivity (Wildman–Crippen MR) is 71.2 cm³/mol. The smallest absolute Gasteiger partial charge is 0.120 e. The van der Waals surface area contributed by atoms with Crippen molar-refractivity contribution in [2.45, 2.75) is 13.5 Å². The third-order valence-electron chi connectivity index (χ3n) is 2.65. The molecule has 0 aliphatic carbocycles. The first-order chi connectivity index (χ1) is 8.79. The van der Waals surface area contributed by atoms with Crippen LogP contribution < -0.4 is 4.74 Å². The molecule has 0 saturated carbocycles. The summed E-state index contributed by atoms with van der Waals surface area (Å²) in [6, 6.07) is 17.5. The fourth-order valence-electron chi connectivity index (χ4n) is 1.61. The molecule has 2 aromatic carbocycles. The normalized spacial score (nSPS) is 11.3. The molecule has 0 aromatic heterocycles. The molecular formula is C15H15NO2. The monoisotopic (exact) mass is 241 g/mol. The van der Waals surface area contributed by atoms with Gasteiger partial charge in [-0.1, -0.05) is 47.6 Å². The summed E-state index contributed by atoms with van der Waals surface area (Å²) in [4.78, 5) is 0. The Bertz CT molecular complexity index is 535. The second-order valence-electron chi connectivity index (χ2n) is 3.99. The molecule has 18 heavy (non-hydrogen) atoms. The minimum absolute atomic E-state index is 0.527. The minimum atomic E-state index is 0.527. The summed E-state index contributed by atoms with van der Waals surface area (Å²) < 4.78 is 5.69. The van der Waals surface area contributed by atoms with Gasteiger partial charge in [-0.15, -0.1) is 0 Å². The van der Waals surface area contributed by atoms with Gasteiger partial charge >= 0.3 is 0 Å². The molecule has 0 saturated heterocycles. The van der Waals surface area contributed by atoms with Gasteiger partial charge in [-0.3, -0.25) is 0 Å². The van der Waals surface area contributed by atoms with Crippen LogP contribution in [0, 0.1) is 0 Å². The topological polar surface area (TPSA) is 41.8 Å². The first kappa shape index (κ1) is 12.2. The van der Waals surface area contributed by atoms with Crippen LogP contribution in [0.5, 0.6) is 5.75 Å². The molecular weight excluding hydrogens is 226 g/mol. The third-order valence-corrected chi connectivity index (χ3v) is 2.65. The van der Waals surface area contributed by atoms with Crippen LogP contribution in [0.15, 0.2) is 59.8 Å². The van der Waals surface area contributed by atoms with Crippen molar-refractivity contribution in [3.63, 3.8) is 0 Å². The minimum Gasteiger partial charge on any atom is -0.489 e. The fourth-order valence-corrected chi connectivity index (χ4v) is 1.61. The van der Waals surface area contributed by atoms with E-state index in [1.54, 1.807) is 6.92 Å². The molecule has 0 spiro atoms. The van der Waals surface area contributed by atoms with E-state index >= 15 is 0 Å². The van der Waals surface area contributed by atoms with E-state index in [1.807, 2.05) is 54.6 Å². The standard InChI is InChI=1S/C15H15NO2/c1-12(16-17)14-8-5-9-15(10-14)18-11-13-6-3-2-4-7-13/h2-10,17H,11H2,1H3. The van der Waals surface area contributed by atoms with Gasteiger partial charge < -0.3 is 9.94 Å². The molecule has 0 unspecified atom stereocenters. The van der Waals surface area contributed by atoms with Gasteiger partial charge in [0, 0.05) is 5.56 Å². The largest absolute Gasteiger partial charge is 0.489 e. The number of hydrogen-bond donors (Lipinski definition) is 1. The molecule has 0 aliphatic rings. The van der Waals surface area contributed by atoms with Gasteiger partial charge in [0.1, 0.15) is 12.4 Å². The second-order valence-corrected chi connectivity index (χ2v) is 3.99. The Kier molecular flexibility index (Phi) is 3.97. The van der Waals surface area contributed by atoms with E-state index < -0.39 is 0 Å². The Morgan fingerprint density at radius 2 is 1.89 bits per heavy atom. The van der Waals surface area contributed by atoms with E-state index in [2.05, 4.69) is 5.16 Å². The summed E-state index contributed by atoms with van der Waals surface area (Å²) in [5.74, 6) is 0.763. The Morgan fingerprint density at radius 3 is 2.61 bits per heavy atom. The van der Waals surface area contributed by atoms with Gasteiger partial charge in [0.15, 0.2) is 0 Å². The number of ether oxygens (including phenoxy) is 1. The van der Waals surface area contributed by atoms with Gasteiger partial charge in [0.2, 0.25) is 0 Å². The highest BCUT2D eigenvalue weighted by atomic mass is 16.5. The van der Waals surface area contributed by atoms with Crippen LogP contribution in [-0.4, -0.2) is 10.9 Å². The van der Waals surface area contributed by atoms with Crippen molar-refractivity contribution >= 4 is 5.71 Å². The summed E-state index contributed by atoms with van der Waals surface area (Å²) in [6.07, 6.45) is 0. The molecule has 0 fully saturated rings. The molecule has 0 radical (unpaired) electrons. The highest BCUT2D eigenvalue weighted by molar-refractivity contribution is 5.98. The molecule has 3 nitrogen and oxygen atoms in total. The third kappa shape index (κ3) is 3.10. The lowest BCUT2D eigenvalue weighted by Crippen LogP contribution is -1.98. The van der Waals surface area contributed by atoms with Crippen molar-refractivity contribution < 1.29 is 9.94 Å². The van der Waals surface area contributed by atoms with E-state index in [1.165, 1.54) is 0 Å². The second kappa shape index (κ2) is 5.87. The summed E-state index contributed by atoms with van der Waals surface area (Å²) >= 11 is 0. The van der Waals surface area contributed by atoms with Crippen molar-refractivity contribution in [2.24, 2.45) is 5.16 Å². The first-order valence-corrected chi connectivity index (χ1v) is 5.75. The van der Waals surface area contributed by atoms with Crippen molar-refractivity contribution in [3.05, 3.63) is 65.7 Å². The number of hydrogen-bond acceptors (Lipinski definition) is 3. The van der Waals surface area contributed by atoms with Gasteiger partial charge in [0.05, 0.1) is 5.71 Å². The molecule has 3 heteroatoms. The van der Waals surface area contributed by atoms with Gasteiger partial charge in [-0.05, 0) is 24.6 Å². The van der Waals surface area contributed by atoms with E-state index in [0.29, 0.717) is 12.3 Å². The summed E-state index contributed by atoms with van der Waals surface area (Å²) in [6.45, 7) is 2.27. The summed E-state index contributed by atoms with van der Waals surface area (Å²) in [5.41, 5.74) is 2.54. The molecule has 0 atom stereocenters. The predicted octanol–water partition coefficient (Wildman–Crippen LogP) is 3.46. The van der Waals surface area contributed by atoms with E-state index in [9.17, 15) is 0 Å². The Morgan fingerprint density at radius 1 is 1.11 bits per heavy atom. The maximum atomic E-state index is 8.73. The molecule has 0 bridgehead atoms. The van der Waals surface area contributed by atoms with Gasteiger partial charge in [0.25, 0.3) is 0 Å². The maximum Gasteiger partial charge on any atom is 0.120 e. The SMILES string of the molecule is CC(=NO)c1cccc(OCc2ccccc2)c1. The van der Waals surface area contributed by atoms with E-state index in [0.717, 1.165) is 16.9 Å². The Balaban J connectivity index is 2.06. The lowest BCUT2D eigenvalue weighted by Gasteiger charge is -2.07. The number of benzene rings is 2. The van der Waals surface area contributed by atoms with Crippen molar-refractivity contribution in [2.75, 3.05) is 0 Å². The Hall–Kier alpha value is -2.29. The molecule has 0 heterocycles. The zero-order valence-electron chi connectivity index (χ0n) is 10.2. The number of rotatable bonds is 4. The Labute approximate surface area is 106 Å². The van der Waals surface area contributed by atoms with Crippen LogP contribution in [0.1, 0.15) is 18.1 Å². The number of nitrogens with zero attached hydrogens (tertiary/aromatic N) is 1. The molecule has 2 rings (SSSR count). The number of oxime groups is 1. The van der Waals surface area contributed by atoms with E-state index in [4.69, 9.17) is 9.94 Å². The van der Waals surface area contributed by atoms with Crippen molar-refractivity contribution in [1.29, 1.82) is 0 Å². The molecule has 0 amide bonds. The molecule has 0 aliphatic heterocycles. The van der Waals surface area contributed by atoms with Gasteiger partial charge in [-0.2, -0.15) is 0 Å². The maximum absolute atomic E-state index is 8.73. The average Bonchev–Trinajstić information content (AvgIpc) is 2.45. The average molecular weight is 241 g/mol. The van der Waals surface area contributed by atoms with Crippen LogP contribution in [0.4, 0.5) is 0 Å². The first-order valence-electron chi connectivity index (χ1n) is 5.75.